The van der Waals surface area contributed by atoms with Gasteiger partial charge in [-0.15, -0.1) is 0 Å². The summed E-state index contributed by atoms with van der Waals surface area (Å²) in [7, 11) is 0. The number of nitrogens with one attached hydrogen (secondary N) is 1. The van der Waals surface area contributed by atoms with Gasteiger partial charge in [-0.25, -0.2) is 0 Å². The van der Waals surface area contributed by atoms with Gasteiger partial charge in [-0.1, -0.05) is 6.92 Å². The van der Waals surface area contributed by atoms with E-state index in [1.165, 1.54) is 25.5 Å². The van der Waals surface area contributed by atoms with Crippen molar-refractivity contribution in [1.82, 2.24) is 5.32 Å². The molecule has 1 N–H and O–H groups in total. The molecule has 2 rings (SSSR count). The molecular weight excluding hydrogens is 290 g/mol. The maximum atomic E-state index is 11.8. The maximum Gasteiger partial charge on any atom is 0.223 e. The number of hydrogen-bond acceptors (Lipinski definition) is 3. The molecule has 1 aliphatic heterocycles. The third-order valence-electron chi connectivity index (χ3n) is 4.40. The van der Waals surface area contributed by atoms with Crippen LogP contribution in [-0.2, 0) is 9.59 Å². The van der Waals surface area contributed by atoms with E-state index in [-0.39, 0.29) is 11.8 Å². The molecule has 1 saturated heterocycles. The van der Waals surface area contributed by atoms with Crippen molar-refractivity contribution >= 4 is 23.2 Å². The van der Waals surface area contributed by atoms with Crippen LogP contribution >= 0.6 is 0 Å². The highest BCUT2D eigenvalue weighted by molar-refractivity contribution is 5.91. The summed E-state index contributed by atoms with van der Waals surface area (Å²) >= 11 is 0. The summed E-state index contributed by atoms with van der Waals surface area (Å²) in [6, 6.07) is 8.14. The van der Waals surface area contributed by atoms with Gasteiger partial charge in [-0.2, -0.15) is 0 Å². The summed E-state index contributed by atoms with van der Waals surface area (Å²) < 4.78 is 0. The topological polar surface area (TPSA) is 52.7 Å². The first-order valence-electron chi connectivity index (χ1n) is 8.35. The molecule has 0 atom stereocenters. The van der Waals surface area contributed by atoms with Crippen LogP contribution < -0.4 is 15.1 Å². The van der Waals surface area contributed by atoms with E-state index in [9.17, 15) is 9.59 Å². The number of nitrogens with zero attached hydrogens (tertiary/aromatic N) is 2. The molecule has 0 radical (unpaired) electrons. The van der Waals surface area contributed by atoms with Gasteiger partial charge in [0.05, 0.1) is 0 Å². The first kappa shape index (κ1) is 17.3. The van der Waals surface area contributed by atoms with E-state index in [0.717, 1.165) is 24.7 Å². The van der Waals surface area contributed by atoms with Crippen LogP contribution in [0.1, 0.15) is 33.6 Å². The number of benzene rings is 1. The lowest BCUT2D eigenvalue weighted by molar-refractivity contribution is -0.119. The Kier molecular flexibility index (Phi) is 6.02. The van der Waals surface area contributed by atoms with E-state index in [4.69, 9.17) is 0 Å². The Labute approximate surface area is 138 Å². The molecule has 23 heavy (non-hydrogen) atoms. The molecule has 1 heterocycles. The smallest absolute Gasteiger partial charge is 0.223 e. The Morgan fingerprint density at radius 1 is 1.17 bits per heavy atom. The molecule has 126 valence electrons. The van der Waals surface area contributed by atoms with Crippen LogP contribution in [0.2, 0.25) is 0 Å². The average molecular weight is 317 g/mol. The van der Waals surface area contributed by atoms with Crippen molar-refractivity contribution in [1.29, 1.82) is 0 Å². The molecular formula is C18H27N3O2. The summed E-state index contributed by atoms with van der Waals surface area (Å²) in [5, 5.41) is 2.73. The molecule has 1 aliphatic rings. The van der Waals surface area contributed by atoms with Crippen LogP contribution in [0.15, 0.2) is 24.3 Å². The minimum Gasteiger partial charge on any atom is -0.372 e. The van der Waals surface area contributed by atoms with Crippen molar-refractivity contribution < 1.29 is 9.59 Å². The van der Waals surface area contributed by atoms with E-state index in [1.807, 2.05) is 12.1 Å². The predicted molar refractivity (Wildman–Crippen MR) is 93.8 cm³/mol. The summed E-state index contributed by atoms with van der Waals surface area (Å²) in [4.78, 5) is 26.9. The number of hydrogen-bond donors (Lipinski definition) is 1. The second kappa shape index (κ2) is 7.99. The third-order valence-corrected chi connectivity index (χ3v) is 4.40. The highest BCUT2D eigenvalue weighted by Gasteiger charge is 2.17. The predicted octanol–water partition coefficient (Wildman–Crippen LogP) is 2.41. The quantitative estimate of drug-likeness (QED) is 0.907. The summed E-state index contributed by atoms with van der Waals surface area (Å²) in [6.45, 7) is 8.47. The molecule has 2 amide bonds. The Bertz CT molecular complexity index is 534. The molecule has 5 heteroatoms. The van der Waals surface area contributed by atoms with Gasteiger partial charge < -0.3 is 15.1 Å². The van der Waals surface area contributed by atoms with Crippen LogP contribution in [0.25, 0.3) is 0 Å². The standard InChI is InChI=1S/C18H27N3O2/c1-14-8-11-20(12-9-14)17-4-6-18(7-5-17)21(16(3)23)13-10-19-15(2)22/h4-7,14H,8-13H2,1-3H3,(H,19,22). The van der Waals surface area contributed by atoms with Gasteiger partial charge in [0.25, 0.3) is 0 Å². The molecule has 5 nitrogen and oxygen atoms in total. The van der Waals surface area contributed by atoms with Gasteiger partial charge in [0.15, 0.2) is 0 Å². The molecule has 0 aliphatic carbocycles. The molecule has 1 fully saturated rings. The van der Waals surface area contributed by atoms with Crippen molar-refractivity contribution in [3.05, 3.63) is 24.3 Å². The number of carbonyl (C=O) groups is 2. The summed E-state index contributed by atoms with van der Waals surface area (Å²) in [5.41, 5.74) is 2.09. The Hall–Kier alpha value is -2.04. The zero-order valence-electron chi connectivity index (χ0n) is 14.3. The highest BCUT2D eigenvalue weighted by atomic mass is 16.2. The van der Waals surface area contributed by atoms with E-state index in [2.05, 4.69) is 29.3 Å². The largest absolute Gasteiger partial charge is 0.372 e. The van der Waals surface area contributed by atoms with E-state index in [0.29, 0.717) is 13.1 Å². The minimum absolute atomic E-state index is 0.0186. The van der Waals surface area contributed by atoms with Crippen molar-refractivity contribution in [2.24, 2.45) is 5.92 Å². The molecule has 0 spiro atoms. The Balaban J connectivity index is 2.00. The second-order valence-electron chi connectivity index (χ2n) is 6.34. The van der Waals surface area contributed by atoms with Crippen molar-refractivity contribution in [2.75, 3.05) is 36.0 Å². The first-order chi connectivity index (χ1) is 11.0. The van der Waals surface area contributed by atoms with Gasteiger partial charge in [-0.05, 0) is 43.0 Å². The van der Waals surface area contributed by atoms with Crippen LogP contribution in [0.4, 0.5) is 11.4 Å². The van der Waals surface area contributed by atoms with Gasteiger partial charge in [0, 0.05) is 51.4 Å². The zero-order valence-corrected chi connectivity index (χ0v) is 14.3. The van der Waals surface area contributed by atoms with E-state index < -0.39 is 0 Å². The molecule has 0 unspecified atom stereocenters. The maximum absolute atomic E-state index is 11.8. The fraction of sp³-hybridized carbons (Fsp3) is 0.556. The lowest BCUT2D eigenvalue weighted by Gasteiger charge is -2.32. The van der Waals surface area contributed by atoms with Gasteiger partial charge in [0.1, 0.15) is 0 Å². The Morgan fingerprint density at radius 2 is 1.78 bits per heavy atom. The number of piperidine rings is 1. The molecule has 1 aromatic rings. The summed E-state index contributed by atoms with van der Waals surface area (Å²) in [6.07, 6.45) is 2.47. The normalized spacial score (nSPS) is 15.3. The summed E-state index contributed by atoms with van der Waals surface area (Å²) in [5.74, 6) is 0.713. The average Bonchev–Trinajstić information content (AvgIpc) is 2.52. The third kappa shape index (κ3) is 4.98. The fourth-order valence-electron chi connectivity index (χ4n) is 2.92. The van der Waals surface area contributed by atoms with Gasteiger partial charge in [-0.3, -0.25) is 9.59 Å². The van der Waals surface area contributed by atoms with Crippen molar-refractivity contribution in [3.8, 4) is 0 Å². The van der Waals surface area contributed by atoms with Crippen LogP contribution in [0, 0.1) is 5.92 Å². The van der Waals surface area contributed by atoms with E-state index >= 15 is 0 Å². The lowest BCUT2D eigenvalue weighted by atomic mass is 9.99. The molecule has 0 saturated carbocycles. The lowest BCUT2D eigenvalue weighted by Crippen LogP contribution is -2.37. The number of anilines is 2. The molecule has 1 aromatic carbocycles. The van der Waals surface area contributed by atoms with Gasteiger partial charge >= 0.3 is 0 Å². The number of carbonyl (C=O) groups excluding carboxylic acids is 2. The van der Waals surface area contributed by atoms with Crippen LogP contribution in [0.3, 0.4) is 0 Å². The van der Waals surface area contributed by atoms with Crippen LogP contribution in [0.5, 0.6) is 0 Å². The highest BCUT2D eigenvalue weighted by Crippen LogP contribution is 2.25. The first-order valence-corrected chi connectivity index (χ1v) is 8.35. The minimum atomic E-state index is -0.0804. The van der Waals surface area contributed by atoms with E-state index in [1.54, 1.807) is 11.8 Å². The Morgan fingerprint density at radius 3 is 2.30 bits per heavy atom. The fourth-order valence-corrected chi connectivity index (χ4v) is 2.92. The number of amides is 2. The monoisotopic (exact) mass is 317 g/mol. The van der Waals surface area contributed by atoms with Crippen LogP contribution in [-0.4, -0.2) is 38.0 Å². The zero-order chi connectivity index (χ0) is 16.8. The molecule has 0 aromatic heterocycles. The van der Waals surface area contributed by atoms with Crippen molar-refractivity contribution in [2.45, 2.75) is 33.6 Å². The SMILES string of the molecule is CC(=O)NCCN(C(C)=O)c1ccc(N2CCC(C)CC2)cc1. The van der Waals surface area contributed by atoms with Gasteiger partial charge in [0.2, 0.25) is 11.8 Å². The number of rotatable bonds is 5. The second-order valence-corrected chi connectivity index (χ2v) is 6.34. The van der Waals surface area contributed by atoms with Crippen molar-refractivity contribution in [3.63, 3.8) is 0 Å². The molecule has 0 bridgehead atoms.